The summed E-state index contributed by atoms with van der Waals surface area (Å²) in [6.45, 7) is 4.79. The molecule has 0 saturated heterocycles. The van der Waals surface area contributed by atoms with E-state index in [1.165, 1.54) is 5.69 Å². The van der Waals surface area contributed by atoms with Crippen LogP contribution in [-0.4, -0.2) is 14.9 Å². The quantitative estimate of drug-likeness (QED) is 0.862. The van der Waals surface area contributed by atoms with Gasteiger partial charge >= 0.3 is 0 Å². The minimum Gasteiger partial charge on any atom is -0.462 e. The summed E-state index contributed by atoms with van der Waals surface area (Å²) in [5.74, 6) is 1.43. The second-order valence-corrected chi connectivity index (χ2v) is 4.02. The molecule has 0 saturated carbocycles. The van der Waals surface area contributed by atoms with E-state index >= 15 is 0 Å². The van der Waals surface area contributed by atoms with Gasteiger partial charge in [-0.25, -0.2) is 0 Å². The Kier molecular flexibility index (Phi) is 3.64. The third-order valence-electron chi connectivity index (χ3n) is 2.82. The molecule has 0 bridgehead atoms. The van der Waals surface area contributed by atoms with Gasteiger partial charge in [0.1, 0.15) is 18.1 Å². The summed E-state index contributed by atoms with van der Waals surface area (Å²) in [5.41, 5.74) is 2.32. The molecule has 2 aromatic rings. The number of aliphatic hydroxyl groups excluding tert-OH is 1. The van der Waals surface area contributed by atoms with Crippen LogP contribution in [0.4, 0.5) is 0 Å². The summed E-state index contributed by atoms with van der Waals surface area (Å²) in [7, 11) is 0. The van der Waals surface area contributed by atoms with Crippen LogP contribution in [0.2, 0.25) is 0 Å². The van der Waals surface area contributed by atoms with Crippen molar-refractivity contribution in [2.24, 2.45) is 0 Å². The fraction of sp³-hybridized carbons (Fsp3) is 0.462. The first kappa shape index (κ1) is 11.9. The molecule has 0 unspecified atom stereocenters. The first-order chi connectivity index (χ1) is 8.26. The Labute approximate surface area is 101 Å². The number of aryl methyl sites for hydroxylation is 2. The highest BCUT2D eigenvalue weighted by atomic mass is 16.4. The number of rotatable bonds is 5. The molecule has 17 heavy (non-hydrogen) atoms. The van der Waals surface area contributed by atoms with Gasteiger partial charge in [-0.2, -0.15) is 5.10 Å². The highest BCUT2D eigenvalue weighted by molar-refractivity contribution is 5.13. The lowest BCUT2D eigenvalue weighted by molar-refractivity contribution is 0.242. The van der Waals surface area contributed by atoms with Gasteiger partial charge in [0.25, 0.3) is 0 Å². The molecule has 4 heteroatoms. The SMILES string of the molecule is CCc1cc(CC)n(Cc2ccc(CO)o2)n1. The predicted octanol–water partition coefficient (Wildman–Crippen LogP) is 2.14. The number of furan rings is 1. The molecule has 0 aliphatic carbocycles. The van der Waals surface area contributed by atoms with E-state index in [2.05, 4.69) is 25.0 Å². The molecule has 2 heterocycles. The Balaban J connectivity index is 2.19. The third kappa shape index (κ3) is 2.58. The van der Waals surface area contributed by atoms with Gasteiger partial charge in [0.15, 0.2) is 0 Å². The van der Waals surface area contributed by atoms with Crippen molar-refractivity contribution in [3.05, 3.63) is 41.1 Å². The van der Waals surface area contributed by atoms with E-state index in [-0.39, 0.29) is 6.61 Å². The molecule has 2 aromatic heterocycles. The Hall–Kier alpha value is -1.55. The average Bonchev–Trinajstić information content (AvgIpc) is 2.95. The molecular formula is C13H18N2O2. The van der Waals surface area contributed by atoms with Crippen LogP contribution in [0.25, 0.3) is 0 Å². The molecule has 0 atom stereocenters. The summed E-state index contributed by atoms with van der Waals surface area (Å²) >= 11 is 0. The lowest BCUT2D eigenvalue weighted by Gasteiger charge is -2.03. The smallest absolute Gasteiger partial charge is 0.129 e. The second-order valence-electron chi connectivity index (χ2n) is 4.02. The molecule has 1 N–H and O–H groups in total. The monoisotopic (exact) mass is 234 g/mol. The molecule has 0 amide bonds. The van der Waals surface area contributed by atoms with Crippen molar-refractivity contribution in [1.29, 1.82) is 0 Å². The van der Waals surface area contributed by atoms with Crippen LogP contribution in [-0.2, 0) is 26.0 Å². The zero-order chi connectivity index (χ0) is 12.3. The largest absolute Gasteiger partial charge is 0.462 e. The van der Waals surface area contributed by atoms with Crippen LogP contribution in [0.5, 0.6) is 0 Å². The average molecular weight is 234 g/mol. The highest BCUT2D eigenvalue weighted by Gasteiger charge is 2.08. The van der Waals surface area contributed by atoms with Crippen molar-refractivity contribution in [2.45, 2.75) is 39.8 Å². The maximum atomic E-state index is 8.94. The second kappa shape index (κ2) is 5.19. The van der Waals surface area contributed by atoms with E-state index in [1.807, 2.05) is 10.7 Å². The Morgan fingerprint density at radius 1 is 1.24 bits per heavy atom. The summed E-state index contributed by atoms with van der Waals surface area (Å²) in [5, 5.41) is 13.5. The molecule has 92 valence electrons. The maximum Gasteiger partial charge on any atom is 0.129 e. The van der Waals surface area contributed by atoms with Gasteiger partial charge in [-0.1, -0.05) is 13.8 Å². The van der Waals surface area contributed by atoms with Crippen LogP contribution in [0, 0.1) is 0 Å². The minimum atomic E-state index is -0.0556. The lowest BCUT2D eigenvalue weighted by atomic mass is 10.2. The molecular weight excluding hydrogens is 216 g/mol. The normalized spacial score (nSPS) is 11.0. The summed E-state index contributed by atoms with van der Waals surface area (Å²) in [6, 6.07) is 5.82. The standard InChI is InChI=1S/C13H18N2O2/c1-3-10-7-11(4-2)15(14-10)8-12-5-6-13(9-16)17-12/h5-7,16H,3-4,8-9H2,1-2H3. The van der Waals surface area contributed by atoms with Crippen molar-refractivity contribution < 1.29 is 9.52 Å². The van der Waals surface area contributed by atoms with E-state index in [0.717, 1.165) is 24.3 Å². The van der Waals surface area contributed by atoms with Crippen molar-refractivity contribution in [3.8, 4) is 0 Å². The van der Waals surface area contributed by atoms with E-state index < -0.39 is 0 Å². The van der Waals surface area contributed by atoms with Gasteiger partial charge in [0.05, 0.1) is 12.2 Å². The predicted molar refractivity (Wildman–Crippen MR) is 64.7 cm³/mol. The molecule has 0 aliphatic rings. The fourth-order valence-corrected chi connectivity index (χ4v) is 1.85. The van der Waals surface area contributed by atoms with Crippen LogP contribution in [0.1, 0.15) is 36.8 Å². The molecule has 0 fully saturated rings. The zero-order valence-corrected chi connectivity index (χ0v) is 10.3. The number of hydrogen-bond donors (Lipinski definition) is 1. The third-order valence-corrected chi connectivity index (χ3v) is 2.82. The maximum absolute atomic E-state index is 8.94. The number of hydrogen-bond acceptors (Lipinski definition) is 3. The van der Waals surface area contributed by atoms with E-state index in [1.54, 1.807) is 6.07 Å². The molecule has 0 radical (unpaired) electrons. The summed E-state index contributed by atoms with van der Waals surface area (Å²) in [4.78, 5) is 0. The van der Waals surface area contributed by atoms with Crippen LogP contribution in [0.3, 0.4) is 0 Å². The number of aliphatic hydroxyl groups is 1. The van der Waals surface area contributed by atoms with E-state index in [9.17, 15) is 0 Å². The Morgan fingerprint density at radius 2 is 2.00 bits per heavy atom. The topological polar surface area (TPSA) is 51.2 Å². The van der Waals surface area contributed by atoms with Gasteiger partial charge in [-0.3, -0.25) is 4.68 Å². The van der Waals surface area contributed by atoms with Gasteiger partial charge < -0.3 is 9.52 Å². The van der Waals surface area contributed by atoms with Gasteiger partial charge in [-0.05, 0) is 31.0 Å². The minimum absolute atomic E-state index is 0.0556. The molecule has 4 nitrogen and oxygen atoms in total. The molecule has 0 aliphatic heterocycles. The van der Waals surface area contributed by atoms with Crippen molar-refractivity contribution in [2.75, 3.05) is 0 Å². The zero-order valence-electron chi connectivity index (χ0n) is 10.3. The van der Waals surface area contributed by atoms with Gasteiger partial charge in [0, 0.05) is 5.69 Å². The van der Waals surface area contributed by atoms with Crippen LogP contribution >= 0.6 is 0 Å². The first-order valence-corrected chi connectivity index (χ1v) is 6.00. The Bertz CT molecular complexity index is 485. The number of aromatic nitrogens is 2. The molecule has 0 spiro atoms. The van der Waals surface area contributed by atoms with E-state index in [0.29, 0.717) is 12.3 Å². The van der Waals surface area contributed by atoms with Crippen LogP contribution < -0.4 is 0 Å². The van der Waals surface area contributed by atoms with E-state index in [4.69, 9.17) is 9.52 Å². The fourth-order valence-electron chi connectivity index (χ4n) is 1.85. The number of nitrogens with zero attached hydrogens (tertiary/aromatic N) is 2. The molecule has 0 aromatic carbocycles. The Morgan fingerprint density at radius 3 is 2.59 bits per heavy atom. The van der Waals surface area contributed by atoms with Crippen molar-refractivity contribution >= 4 is 0 Å². The van der Waals surface area contributed by atoms with Crippen molar-refractivity contribution in [1.82, 2.24) is 9.78 Å². The van der Waals surface area contributed by atoms with Gasteiger partial charge in [0.2, 0.25) is 0 Å². The van der Waals surface area contributed by atoms with Crippen LogP contribution in [0.15, 0.2) is 22.6 Å². The lowest BCUT2D eigenvalue weighted by Crippen LogP contribution is -2.05. The first-order valence-electron chi connectivity index (χ1n) is 6.00. The van der Waals surface area contributed by atoms with Gasteiger partial charge in [-0.15, -0.1) is 0 Å². The summed E-state index contributed by atoms with van der Waals surface area (Å²) < 4.78 is 7.44. The molecule has 2 rings (SSSR count). The summed E-state index contributed by atoms with van der Waals surface area (Å²) in [6.07, 6.45) is 1.90. The van der Waals surface area contributed by atoms with Crippen molar-refractivity contribution in [3.63, 3.8) is 0 Å². The highest BCUT2D eigenvalue weighted by Crippen LogP contribution is 2.12.